The average Bonchev–Trinajstić information content (AvgIpc) is 2.33. The average molecular weight is 252 g/mol. The van der Waals surface area contributed by atoms with Crippen molar-refractivity contribution in [2.24, 2.45) is 0 Å². The van der Waals surface area contributed by atoms with E-state index in [0.29, 0.717) is 10.7 Å². The highest BCUT2D eigenvalue weighted by Crippen LogP contribution is 2.31. The molecule has 0 spiro atoms. The molecule has 0 aliphatic heterocycles. The zero-order valence-electron chi connectivity index (χ0n) is 8.53. The summed E-state index contributed by atoms with van der Waals surface area (Å²) in [5.74, 6) is 0. The molecule has 2 rings (SSSR count). The van der Waals surface area contributed by atoms with Crippen LogP contribution in [0.1, 0.15) is 16.5 Å². The smallest absolute Gasteiger partial charge is 0.0835 e. The molecule has 82 valence electrons. The third-order valence-electron chi connectivity index (χ3n) is 2.41. The van der Waals surface area contributed by atoms with Gasteiger partial charge in [-0.25, -0.2) is 0 Å². The van der Waals surface area contributed by atoms with Gasteiger partial charge in [-0.05, 0) is 23.3 Å². The van der Waals surface area contributed by atoms with E-state index >= 15 is 0 Å². The van der Waals surface area contributed by atoms with Crippen LogP contribution in [0.3, 0.4) is 0 Å². The van der Waals surface area contributed by atoms with Crippen molar-refractivity contribution in [3.8, 4) is 0 Å². The molecule has 0 aliphatic carbocycles. The first-order valence-electron chi connectivity index (χ1n) is 4.92. The monoisotopic (exact) mass is 251 g/mol. The third-order valence-corrected chi connectivity index (χ3v) is 3.24. The fraction of sp³-hybridized carbons (Fsp3) is 0.0769. The van der Waals surface area contributed by atoms with Crippen molar-refractivity contribution in [3.63, 3.8) is 0 Å². The zero-order valence-corrected chi connectivity index (χ0v) is 10.0. The van der Waals surface area contributed by atoms with E-state index in [1.54, 1.807) is 6.07 Å². The van der Waals surface area contributed by atoms with Crippen molar-refractivity contribution >= 4 is 28.9 Å². The van der Waals surface area contributed by atoms with E-state index < -0.39 is 0 Å². The minimum absolute atomic E-state index is 0.195. The van der Waals surface area contributed by atoms with Crippen molar-refractivity contribution < 1.29 is 0 Å². The minimum atomic E-state index is -0.195. The summed E-state index contributed by atoms with van der Waals surface area (Å²) in [6.07, 6.45) is 0. The van der Waals surface area contributed by atoms with E-state index in [1.165, 1.54) is 0 Å². The van der Waals surface area contributed by atoms with Gasteiger partial charge < -0.3 is 5.73 Å². The maximum absolute atomic E-state index is 6.36. The SMILES string of the molecule is Nc1ccc(C(Cl)c2ccccc2)cc1Cl. The predicted octanol–water partition coefficient (Wildman–Crippen LogP) is 4.25. The van der Waals surface area contributed by atoms with Gasteiger partial charge in [0.2, 0.25) is 0 Å². The number of anilines is 1. The normalized spacial score (nSPS) is 12.4. The molecule has 0 amide bonds. The molecule has 2 aromatic rings. The zero-order chi connectivity index (χ0) is 11.5. The Bertz CT molecular complexity index is 483. The maximum atomic E-state index is 6.36. The highest BCUT2D eigenvalue weighted by atomic mass is 35.5. The molecular formula is C13H11Cl2N. The second-order valence-corrected chi connectivity index (χ2v) is 4.40. The number of halogens is 2. The Balaban J connectivity index is 2.34. The van der Waals surface area contributed by atoms with Crippen LogP contribution in [0.2, 0.25) is 5.02 Å². The second kappa shape index (κ2) is 4.77. The molecule has 3 heteroatoms. The van der Waals surface area contributed by atoms with Crippen LogP contribution in [0.15, 0.2) is 48.5 Å². The Morgan fingerprint density at radius 2 is 1.62 bits per heavy atom. The Hall–Kier alpha value is -1.18. The largest absolute Gasteiger partial charge is 0.398 e. The summed E-state index contributed by atoms with van der Waals surface area (Å²) in [6.45, 7) is 0. The molecule has 1 nitrogen and oxygen atoms in total. The number of hydrogen-bond acceptors (Lipinski definition) is 1. The van der Waals surface area contributed by atoms with E-state index in [9.17, 15) is 0 Å². The van der Waals surface area contributed by atoms with Gasteiger partial charge in [0, 0.05) is 0 Å². The van der Waals surface area contributed by atoms with Crippen molar-refractivity contribution in [1.29, 1.82) is 0 Å². The minimum Gasteiger partial charge on any atom is -0.398 e. The molecule has 16 heavy (non-hydrogen) atoms. The topological polar surface area (TPSA) is 26.0 Å². The van der Waals surface area contributed by atoms with Crippen LogP contribution < -0.4 is 5.73 Å². The molecule has 2 aromatic carbocycles. The number of benzene rings is 2. The number of nitrogen functional groups attached to an aromatic ring is 1. The summed E-state index contributed by atoms with van der Waals surface area (Å²) < 4.78 is 0. The Labute approximate surface area is 105 Å². The summed E-state index contributed by atoms with van der Waals surface area (Å²) in [5, 5.41) is 0.346. The van der Waals surface area contributed by atoms with Crippen molar-refractivity contribution in [2.45, 2.75) is 5.38 Å². The van der Waals surface area contributed by atoms with Crippen LogP contribution in [0.25, 0.3) is 0 Å². The Morgan fingerprint density at radius 3 is 2.25 bits per heavy atom. The molecule has 0 bridgehead atoms. The van der Waals surface area contributed by atoms with E-state index in [1.807, 2.05) is 42.5 Å². The first-order valence-corrected chi connectivity index (χ1v) is 5.74. The molecule has 0 heterocycles. The van der Waals surface area contributed by atoms with Gasteiger partial charge in [0.05, 0.1) is 16.1 Å². The lowest BCUT2D eigenvalue weighted by atomic mass is 10.0. The van der Waals surface area contributed by atoms with E-state index in [0.717, 1.165) is 11.1 Å². The molecule has 0 saturated carbocycles. The molecule has 0 radical (unpaired) electrons. The molecule has 1 unspecified atom stereocenters. The molecule has 1 atom stereocenters. The van der Waals surface area contributed by atoms with Crippen LogP contribution in [-0.2, 0) is 0 Å². The molecule has 0 aromatic heterocycles. The first kappa shape index (κ1) is 11.3. The Morgan fingerprint density at radius 1 is 0.938 bits per heavy atom. The van der Waals surface area contributed by atoms with Crippen LogP contribution in [0.5, 0.6) is 0 Å². The van der Waals surface area contributed by atoms with Crippen LogP contribution in [-0.4, -0.2) is 0 Å². The number of hydrogen-bond donors (Lipinski definition) is 1. The number of alkyl halides is 1. The summed E-state index contributed by atoms with van der Waals surface area (Å²) in [4.78, 5) is 0. The van der Waals surface area contributed by atoms with Gasteiger partial charge in [-0.1, -0.05) is 48.0 Å². The summed E-state index contributed by atoms with van der Waals surface area (Å²) in [7, 11) is 0. The highest BCUT2D eigenvalue weighted by Gasteiger charge is 2.11. The van der Waals surface area contributed by atoms with Crippen LogP contribution in [0.4, 0.5) is 5.69 Å². The quantitative estimate of drug-likeness (QED) is 0.627. The van der Waals surface area contributed by atoms with Gasteiger partial charge in [-0.3, -0.25) is 0 Å². The summed E-state index contributed by atoms with van der Waals surface area (Å²) in [6, 6.07) is 15.3. The van der Waals surface area contributed by atoms with Crippen LogP contribution >= 0.6 is 23.2 Å². The highest BCUT2D eigenvalue weighted by molar-refractivity contribution is 6.33. The lowest BCUT2D eigenvalue weighted by Crippen LogP contribution is -1.94. The van der Waals surface area contributed by atoms with Gasteiger partial charge in [-0.15, -0.1) is 11.6 Å². The Kier molecular flexibility index (Phi) is 3.37. The summed E-state index contributed by atoms with van der Waals surface area (Å²) >= 11 is 12.3. The molecular weight excluding hydrogens is 241 g/mol. The van der Waals surface area contributed by atoms with Gasteiger partial charge in [0.15, 0.2) is 0 Å². The van der Waals surface area contributed by atoms with E-state index in [-0.39, 0.29) is 5.38 Å². The predicted molar refractivity (Wildman–Crippen MR) is 70.0 cm³/mol. The van der Waals surface area contributed by atoms with Crippen molar-refractivity contribution in [1.82, 2.24) is 0 Å². The molecule has 0 saturated heterocycles. The maximum Gasteiger partial charge on any atom is 0.0835 e. The van der Waals surface area contributed by atoms with E-state index in [4.69, 9.17) is 28.9 Å². The lowest BCUT2D eigenvalue weighted by Gasteiger charge is -2.11. The fourth-order valence-electron chi connectivity index (χ4n) is 1.52. The van der Waals surface area contributed by atoms with Gasteiger partial charge in [0.25, 0.3) is 0 Å². The first-order chi connectivity index (χ1) is 7.68. The van der Waals surface area contributed by atoms with Crippen molar-refractivity contribution in [3.05, 3.63) is 64.7 Å². The molecule has 0 aliphatic rings. The van der Waals surface area contributed by atoms with Crippen LogP contribution in [0, 0.1) is 0 Å². The van der Waals surface area contributed by atoms with Gasteiger partial charge in [-0.2, -0.15) is 0 Å². The number of rotatable bonds is 2. The van der Waals surface area contributed by atoms with Gasteiger partial charge >= 0.3 is 0 Å². The molecule has 0 fully saturated rings. The number of nitrogens with two attached hydrogens (primary N) is 1. The second-order valence-electron chi connectivity index (χ2n) is 3.55. The fourth-order valence-corrected chi connectivity index (χ4v) is 1.99. The lowest BCUT2D eigenvalue weighted by molar-refractivity contribution is 1.14. The molecule has 2 N–H and O–H groups in total. The van der Waals surface area contributed by atoms with E-state index in [2.05, 4.69) is 0 Å². The summed E-state index contributed by atoms with van der Waals surface area (Å²) in [5.41, 5.74) is 8.22. The van der Waals surface area contributed by atoms with Gasteiger partial charge in [0.1, 0.15) is 0 Å². The standard InChI is InChI=1S/C13H11Cl2N/c14-11-8-10(6-7-12(11)16)13(15)9-4-2-1-3-5-9/h1-8,13H,16H2. The third kappa shape index (κ3) is 2.31. The van der Waals surface area contributed by atoms with Crippen molar-refractivity contribution in [2.75, 3.05) is 5.73 Å².